The monoisotopic (exact) mass is 603 g/mol. The van der Waals surface area contributed by atoms with Crippen molar-refractivity contribution in [3.63, 3.8) is 0 Å². The van der Waals surface area contributed by atoms with Crippen LogP contribution in [-0.2, 0) is 16.1 Å². The van der Waals surface area contributed by atoms with Crippen molar-refractivity contribution in [1.82, 2.24) is 15.1 Å². The predicted molar refractivity (Wildman–Crippen MR) is 164 cm³/mol. The minimum Gasteiger partial charge on any atom is -0.457 e. The van der Waals surface area contributed by atoms with Crippen LogP contribution in [0.4, 0.5) is 0 Å². The van der Waals surface area contributed by atoms with Crippen molar-refractivity contribution >= 4 is 35.8 Å². The molecule has 3 aliphatic rings. The molecule has 0 unspecified atom stereocenters. The number of unbranched alkanes of at least 4 members (excludes halogenated alkanes) is 1. The van der Waals surface area contributed by atoms with Crippen molar-refractivity contribution in [3.05, 3.63) is 59.1 Å². The number of nitrogens with zero attached hydrogens (tertiary/aromatic N) is 2. The van der Waals surface area contributed by atoms with Crippen molar-refractivity contribution in [2.24, 2.45) is 5.92 Å². The molecule has 1 saturated carbocycles. The zero-order chi connectivity index (χ0) is 28.1. The Hall–Kier alpha value is -2.32. The van der Waals surface area contributed by atoms with Crippen LogP contribution in [-0.4, -0.2) is 64.0 Å². The number of rotatable bonds is 9. The molecular formula is C32H43Cl2N3O4. The number of nitrogens with one attached hydrogen (secondary N) is 1. The fourth-order valence-corrected chi connectivity index (χ4v) is 6.72. The first-order chi connectivity index (χ1) is 19.4. The SMILES string of the molecule is CCCCN1C(=O)[C@@H]([C@H](O)C2CCCCC2)NC(=O)C12CCN(Cc1ccc(Oc3ccc(Cl)cc3)cc1)CC2.Cl. The highest BCUT2D eigenvalue weighted by molar-refractivity contribution is 6.30. The Morgan fingerprint density at radius 1 is 1.00 bits per heavy atom. The van der Waals surface area contributed by atoms with Gasteiger partial charge in [0.15, 0.2) is 0 Å². The second-order valence-corrected chi connectivity index (χ2v) is 12.1. The molecule has 2 heterocycles. The third kappa shape index (κ3) is 7.19. The molecule has 2 atom stereocenters. The summed E-state index contributed by atoms with van der Waals surface area (Å²) in [6.45, 7) is 4.88. The van der Waals surface area contributed by atoms with Gasteiger partial charge in [0.05, 0.1) is 6.10 Å². The van der Waals surface area contributed by atoms with Crippen LogP contribution < -0.4 is 10.1 Å². The summed E-state index contributed by atoms with van der Waals surface area (Å²) in [6.07, 6.45) is 7.34. The van der Waals surface area contributed by atoms with Crippen LogP contribution in [0.5, 0.6) is 11.5 Å². The number of piperidine rings is 1. The molecule has 5 rings (SSSR count). The van der Waals surface area contributed by atoms with Crippen molar-refractivity contribution in [1.29, 1.82) is 0 Å². The maximum absolute atomic E-state index is 13.8. The Bertz CT molecular complexity index is 1150. The Balaban J connectivity index is 0.00000387. The number of likely N-dealkylation sites (tertiary alicyclic amines) is 1. The second-order valence-electron chi connectivity index (χ2n) is 11.7. The Morgan fingerprint density at radius 3 is 2.22 bits per heavy atom. The predicted octanol–water partition coefficient (Wildman–Crippen LogP) is 5.96. The van der Waals surface area contributed by atoms with Crippen LogP contribution in [0.3, 0.4) is 0 Å². The smallest absolute Gasteiger partial charge is 0.248 e. The van der Waals surface area contributed by atoms with E-state index in [4.69, 9.17) is 16.3 Å². The summed E-state index contributed by atoms with van der Waals surface area (Å²) in [7, 11) is 0. The number of benzene rings is 2. The number of amides is 2. The zero-order valence-corrected chi connectivity index (χ0v) is 25.5. The van der Waals surface area contributed by atoms with Gasteiger partial charge in [0.25, 0.3) is 0 Å². The van der Waals surface area contributed by atoms with E-state index in [-0.39, 0.29) is 30.1 Å². The molecular weight excluding hydrogens is 561 g/mol. The van der Waals surface area contributed by atoms with Gasteiger partial charge < -0.3 is 20.1 Å². The number of carbonyl (C=O) groups excluding carboxylic acids is 2. The fourth-order valence-electron chi connectivity index (χ4n) is 6.60. The number of aliphatic hydroxyl groups is 1. The zero-order valence-electron chi connectivity index (χ0n) is 23.9. The first kappa shape index (κ1) is 31.6. The van der Waals surface area contributed by atoms with Crippen LogP contribution in [0, 0.1) is 5.92 Å². The van der Waals surface area contributed by atoms with Gasteiger partial charge in [-0.1, -0.05) is 56.3 Å². The molecule has 2 amide bonds. The lowest BCUT2D eigenvalue weighted by Gasteiger charge is -2.52. The number of piperazine rings is 1. The van der Waals surface area contributed by atoms with Crippen molar-refractivity contribution in [2.45, 2.75) is 88.9 Å². The van der Waals surface area contributed by atoms with E-state index in [0.29, 0.717) is 24.4 Å². The van der Waals surface area contributed by atoms with Gasteiger partial charge in [0.1, 0.15) is 23.1 Å². The number of hydrogen-bond donors (Lipinski definition) is 2. The molecule has 2 aliphatic heterocycles. The lowest BCUT2D eigenvalue weighted by molar-refractivity contribution is -0.166. The van der Waals surface area contributed by atoms with Gasteiger partial charge in [-0.25, -0.2) is 0 Å². The molecule has 9 heteroatoms. The molecule has 1 aliphatic carbocycles. The number of hydrogen-bond acceptors (Lipinski definition) is 5. The lowest BCUT2D eigenvalue weighted by atomic mass is 9.78. The highest BCUT2D eigenvalue weighted by Gasteiger charge is 2.55. The quantitative estimate of drug-likeness (QED) is 0.370. The number of halogens is 2. The topological polar surface area (TPSA) is 82.1 Å². The van der Waals surface area contributed by atoms with Crippen molar-refractivity contribution < 1.29 is 19.4 Å². The maximum Gasteiger partial charge on any atom is 0.248 e. The third-order valence-electron chi connectivity index (χ3n) is 9.03. The maximum atomic E-state index is 13.8. The number of ether oxygens (including phenoxy) is 1. The standard InChI is InChI=1S/C32H42ClN3O4.ClH/c1-2-3-19-36-30(38)28(29(37)24-7-5-4-6-8-24)34-31(39)32(36)17-20-35(21-18-32)22-23-9-13-26(14-10-23)40-27-15-11-25(33)12-16-27;/h9-16,24,28-29,37H,2-8,17-22H2,1H3,(H,34,39);1H/t28-,29-;/m1./s1. The van der Waals surface area contributed by atoms with Gasteiger partial charge in [-0.2, -0.15) is 0 Å². The first-order valence-electron chi connectivity index (χ1n) is 14.9. The number of carbonyl (C=O) groups is 2. The molecule has 1 spiro atoms. The van der Waals surface area contributed by atoms with E-state index in [1.165, 1.54) is 12.0 Å². The van der Waals surface area contributed by atoms with E-state index in [0.717, 1.165) is 69.7 Å². The minimum absolute atomic E-state index is 0. The Kier molecular flexibility index (Phi) is 11.0. The highest BCUT2D eigenvalue weighted by atomic mass is 35.5. The minimum atomic E-state index is -0.832. The Labute approximate surface area is 255 Å². The molecule has 41 heavy (non-hydrogen) atoms. The van der Waals surface area contributed by atoms with Gasteiger partial charge in [-0.05, 0) is 80.0 Å². The molecule has 0 bridgehead atoms. The summed E-state index contributed by atoms with van der Waals surface area (Å²) in [6, 6.07) is 14.5. The van der Waals surface area contributed by atoms with Crippen LogP contribution in [0.2, 0.25) is 5.02 Å². The third-order valence-corrected chi connectivity index (χ3v) is 9.28. The van der Waals surface area contributed by atoms with Crippen LogP contribution in [0.1, 0.15) is 70.3 Å². The molecule has 2 saturated heterocycles. The average molecular weight is 605 g/mol. The van der Waals surface area contributed by atoms with Crippen LogP contribution >= 0.6 is 24.0 Å². The summed E-state index contributed by atoms with van der Waals surface area (Å²) in [5.41, 5.74) is 0.337. The molecule has 224 valence electrons. The summed E-state index contributed by atoms with van der Waals surface area (Å²) >= 11 is 5.96. The lowest BCUT2D eigenvalue weighted by Crippen LogP contribution is -2.75. The molecule has 0 radical (unpaired) electrons. The summed E-state index contributed by atoms with van der Waals surface area (Å²) in [4.78, 5) is 31.7. The van der Waals surface area contributed by atoms with Crippen molar-refractivity contribution in [3.8, 4) is 11.5 Å². The van der Waals surface area contributed by atoms with Crippen LogP contribution in [0.15, 0.2) is 48.5 Å². The molecule has 2 aromatic rings. The van der Waals surface area contributed by atoms with E-state index < -0.39 is 17.7 Å². The van der Waals surface area contributed by atoms with Gasteiger partial charge in [0.2, 0.25) is 11.8 Å². The van der Waals surface area contributed by atoms with Crippen LogP contribution in [0.25, 0.3) is 0 Å². The summed E-state index contributed by atoms with van der Waals surface area (Å²) < 4.78 is 5.91. The largest absolute Gasteiger partial charge is 0.457 e. The molecule has 3 fully saturated rings. The normalized spacial score (nSPS) is 22.2. The Morgan fingerprint density at radius 2 is 1.61 bits per heavy atom. The van der Waals surface area contributed by atoms with E-state index >= 15 is 0 Å². The highest BCUT2D eigenvalue weighted by Crippen LogP contribution is 2.36. The molecule has 0 aromatic heterocycles. The van der Waals surface area contributed by atoms with Gasteiger partial charge in [-0.15, -0.1) is 12.4 Å². The van der Waals surface area contributed by atoms with E-state index in [9.17, 15) is 14.7 Å². The molecule has 2 aromatic carbocycles. The number of aliphatic hydroxyl groups excluding tert-OH is 1. The van der Waals surface area contributed by atoms with E-state index in [2.05, 4.69) is 29.3 Å². The van der Waals surface area contributed by atoms with Crippen molar-refractivity contribution in [2.75, 3.05) is 19.6 Å². The van der Waals surface area contributed by atoms with Gasteiger partial charge >= 0.3 is 0 Å². The second kappa shape index (κ2) is 14.2. The van der Waals surface area contributed by atoms with Gasteiger partial charge in [-0.3, -0.25) is 14.5 Å². The molecule has 2 N–H and O–H groups in total. The summed E-state index contributed by atoms with van der Waals surface area (Å²) in [5, 5.41) is 14.8. The van der Waals surface area contributed by atoms with E-state index in [1.54, 1.807) is 12.1 Å². The van der Waals surface area contributed by atoms with Gasteiger partial charge in [0, 0.05) is 31.2 Å². The molecule has 7 nitrogen and oxygen atoms in total. The average Bonchev–Trinajstić information content (AvgIpc) is 2.98. The summed E-state index contributed by atoms with van der Waals surface area (Å²) in [5.74, 6) is 1.38. The van der Waals surface area contributed by atoms with E-state index in [1.807, 2.05) is 29.2 Å². The first-order valence-corrected chi connectivity index (χ1v) is 15.3. The fraction of sp³-hybridized carbons (Fsp3) is 0.562.